The van der Waals surface area contributed by atoms with Crippen molar-refractivity contribution in [3.05, 3.63) is 24.7 Å². The minimum absolute atomic E-state index is 0.136. The number of fused-ring (bicyclic) bond motifs is 1. The van der Waals surface area contributed by atoms with Gasteiger partial charge in [0.25, 0.3) is 0 Å². The van der Waals surface area contributed by atoms with Crippen LogP contribution in [-0.2, 0) is 4.79 Å². The van der Waals surface area contributed by atoms with Gasteiger partial charge >= 0.3 is 0 Å². The molecule has 0 unspecified atom stereocenters. The molecule has 0 bridgehead atoms. The van der Waals surface area contributed by atoms with Crippen LogP contribution in [0.15, 0.2) is 24.7 Å². The van der Waals surface area contributed by atoms with E-state index in [1.165, 1.54) is 0 Å². The Kier molecular flexibility index (Phi) is 3.51. The normalized spacial score (nSPS) is 15.6. The minimum Gasteiger partial charge on any atom is -0.349 e. The lowest BCUT2D eigenvalue weighted by Crippen LogP contribution is -2.49. The fourth-order valence-corrected chi connectivity index (χ4v) is 2.43. The number of rotatable bonds is 3. The van der Waals surface area contributed by atoms with Crippen molar-refractivity contribution in [2.45, 2.75) is 0 Å². The van der Waals surface area contributed by atoms with Gasteiger partial charge in [0.15, 0.2) is 5.82 Å². The van der Waals surface area contributed by atoms with Gasteiger partial charge in [-0.15, -0.1) is 0 Å². The molecule has 1 N–H and O–H groups in total. The van der Waals surface area contributed by atoms with Crippen LogP contribution in [0.1, 0.15) is 0 Å². The van der Waals surface area contributed by atoms with Crippen LogP contribution >= 0.6 is 0 Å². The molecule has 1 saturated heterocycles. The first-order chi connectivity index (χ1) is 9.75. The molecule has 106 valence electrons. The Balaban J connectivity index is 1.73. The minimum atomic E-state index is 0.136. The zero-order valence-corrected chi connectivity index (χ0v) is 11.5. The second kappa shape index (κ2) is 5.46. The lowest BCUT2D eigenvalue weighted by atomic mass is 10.3. The van der Waals surface area contributed by atoms with E-state index in [-0.39, 0.29) is 5.91 Å². The number of aromatic nitrogens is 3. The Morgan fingerprint density at radius 3 is 3.00 bits per heavy atom. The van der Waals surface area contributed by atoms with Gasteiger partial charge in [-0.3, -0.25) is 4.79 Å². The maximum atomic E-state index is 12.3. The van der Waals surface area contributed by atoms with E-state index in [0.29, 0.717) is 6.54 Å². The van der Waals surface area contributed by atoms with Crippen molar-refractivity contribution in [2.75, 3.05) is 44.7 Å². The number of nitrogens with one attached hydrogen (secondary N) is 1. The van der Waals surface area contributed by atoms with Crippen LogP contribution in [0.3, 0.4) is 0 Å². The Morgan fingerprint density at radius 2 is 2.20 bits per heavy atom. The fraction of sp³-hybridized carbons (Fsp3) is 0.462. The Hall–Kier alpha value is -2.15. The average molecular weight is 274 g/mol. The van der Waals surface area contributed by atoms with Gasteiger partial charge in [0.05, 0.1) is 12.7 Å². The zero-order valence-electron chi connectivity index (χ0n) is 11.5. The first kappa shape index (κ1) is 12.9. The molecule has 7 heteroatoms. The van der Waals surface area contributed by atoms with Crippen molar-refractivity contribution in [1.29, 1.82) is 0 Å². The molecule has 1 aliphatic heterocycles. The highest BCUT2D eigenvalue weighted by Crippen LogP contribution is 2.16. The van der Waals surface area contributed by atoms with Crippen LogP contribution in [0, 0.1) is 0 Å². The van der Waals surface area contributed by atoms with Crippen molar-refractivity contribution < 1.29 is 4.79 Å². The molecule has 0 atom stereocenters. The summed E-state index contributed by atoms with van der Waals surface area (Å²) in [5.74, 6) is 0.908. The summed E-state index contributed by atoms with van der Waals surface area (Å²) in [5, 5.41) is 7.42. The largest absolute Gasteiger partial charge is 0.349 e. The summed E-state index contributed by atoms with van der Waals surface area (Å²) < 4.78 is 1.76. The number of likely N-dealkylation sites (N-methyl/N-ethyl adjacent to an activating group) is 1. The molecule has 0 aromatic carbocycles. The highest BCUT2D eigenvalue weighted by Gasteiger charge is 2.19. The van der Waals surface area contributed by atoms with E-state index in [0.717, 1.165) is 37.5 Å². The predicted octanol–water partition coefficient (Wildman–Crippen LogP) is -0.403. The molecule has 0 radical (unpaired) electrons. The van der Waals surface area contributed by atoms with Gasteiger partial charge in [-0.05, 0) is 6.07 Å². The van der Waals surface area contributed by atoms with Crippen molar-refractivity contribution in [3.8, 4) is 0 Å². The van der Waals surface area contributed by atoms with Crippen LogP contribution in [0.2, 0.25) is 0 Å². The van der Waals surface area contributed by atoms with Gasteiger partial charge in [-0.2, -0.15) is 5.10 Å². The summed E-state index contributed by atoms with van der Waals surface area (Å²) in [7, 11) is 1.88. The third-order valence-electron chi connectivity index (χ3n) is 3.51. The first-order valence-electron chi connectivity index (χ1n) is 6.74. The number of carbonyl (C=O) groups is 1. The summed E-state index contributed by atoms with van der Waals surface area (Å²) in [5.41, 5.74) is 0.906. The monoisotopic (exact) mass is 274 g/mol. The van der Waals surface area contributed by atoms with E-state index in [2.05, 4.69) is 15.4 Å². The molecule has 3 rings (SSSR count). The average Bonchev–Trinajstić information content (AvgIpc) is 2.96. The number of hydrogen-bond acceptors (Lipinski definition) is 5. The number of amides is 1. The maximum Gasteiger partial charge on any atom is 0.242 e. The molecule has 2 aromatic rings. The topological polar surface area (TPSA) is 65.8 Å². The maximum absolute atomic E-state index is 12.3. The van der Waals surface area contributed by atoms with E-state index in [1.807, 2.05) is 22.9 Å². The van der Waals surface area contributed by atoms with Gasteiger partial charge < -0.3 is 15.1 Å². The van der Waals surface area contributed by atoms with Crippen molar-refractivity contribution in [3.63, 3.8) is 0 Å². The van der Waals surface area contributed by atoms with E-state index in [4.69, 9.17) is 0 Å². The van der Waals surface area contributed by atoms with Crippen LogP contribution in [0.4, 0.5) is 5.82 Å². The Labute approximate surface area is 117 Å². The van der Waals surface area contributed by atoms with Gasteiger partial charge in [0.1, 0.15) is 5.52 Å². The smallest absolute Gasteiger partial charge is 0.242 e. The molecule has 2 aromatic heterocycles. The third kappa shape index (κ3) is 2.44. The van der Waals surface area contributed by atoms with Crippen LogP contribution in [0.25, 0.3) is 5.52 Å². The number of nitrogens with zero attached hydrogens (tertiary/aromatic N) is 5. The Morgan fingerprint density at radius 1 is 1.40 bits per heavy atom. The fourth-order valence-electron chi connectivity index (χ4n) is 2.43. The van der Waals surface area contributed by atoms with E-state index < -0.39 is 0 Å². The van der Waals surface area contributed by atoms with Crippen molar-refractivity contribution in [2.24, 2.45) is 0 Å². The second-order valence-corrected chi connectivity index (χ2v) is 4.90. The SMILES string of the molecule is CN(CC(=O)N1CCNCC1)c1nccn2nccc12. The van der Waals surface area contributed by atoms with Crippen LogP contribution in [-0.4, -0.2) is 65.2 Å². The Bertz CT molecular complexity index is 604. The number of carbonyl (C=O) groups excluding carboxylic acids is 1. The molecule has 3 heterocycles. The van der Waals surface area contributed by atoms with Crippen molar-refractivity contribution in [1.82, 2.24) is 24.8 Å². The molecule has 0 aliphatic carbocycles. The lowest BCUT2D eigenvalue weighted by molar-refractivity contribution is -0.130. The third-order valence-corrected chi connectivity index (χ3v) is 3.51. The highest BCUT2D eigenvalue weighted by atomic mass is 16.2. The number of piperazine rings is 1. The summed E-state index contributed by atoms with van der Waals surface area (Å²) >= 11 is 0. The number of anilines is 1. The van der Waals surface area contributed by atoms with E-state index in [1.54, 1.807) is 23.1 Å². The van der Waals surface area contributed by atoms with Gasteiger partial charge in [-0.1, -0.05) is 0 Å². The molecular formula is C13H18N6O. The first-order valence-corrected chi connectivity index (χ1v) is 6.74. The summed E-state index contributed by atoms with van der Waals surface area (Å²) in [6.45, 7) is 3.61. The molecule has 20 heavy (non-hydrogen) atoms. The molecule has 1 aliphatic rings. The molecule has 0 saturated carbocycles. The van der Waals surface area contributed by atoms with E-state index in [9.17, 15) is 4.79 Å². The lowest BCUT2D eigenvalue weighted by Gasteiger charge is -2.29. The quantitative estimate of drug-likeness (QED) is 0.825. The summed E-state index contributed by atoms with van der Waals surface area (Å²) in [6, 6.07) is 1.90. The molecule has 1 fully saturated rings. The molecule has 1 amide bonds. The summed E-state index contributed by atoms with van der Waals surface area (Å²) in [6.07, 6.45) is 5.22. The van der Waals surface area contributed by atoms with E-state index >= 15 is 0 Å². The molecule has 7 nitrogen and oxygen atoms in total. The van der Waals surface area contributed by atoms with Crippen molar-refractivity contribution >= 4 is 17.2 Å². The van der Waals surface area contributed by atoms with Gasteiger partial charge in [0, 0.05) is 45.6 Å². The zero-order chi connectivity index (χ0) is 13.9. The molecule has 0 spiro atoms. The molecular weight excluding hydrogens is 256 g/mol. The van der Waals surface area contributed by atoms with Crippen LogP contribution < -0.4 is 10.2 Å². The number of hydrogen-bond donors (Lipinski definition) is 1. The highest BCUT2D eigenvalue weighted by molar-refractivity contribution is 5.83. The van der Waals surface area contributed by atoms with Gasteiger partial charge in [-0.25, -0.2) is 9.50 Å². The predicted molar refractivity (Wildman–Crippen MR) is 75.7 cm³/mol. The standard InChI is InChI=1S/C13H18N6O/c1-17(10-12(20)18-7-4-14-5-8-18)13-11-2-3-16-19(11)9-6-15-13/h2-3,6,9,14H,4-5,7-8,10H2,1H3. The summed E-state index contributed by atoms with van der Waals surface area (Å²) in [4.78, 5) is 20.4. The second-order valence-electron chi connectivity index (χ2n) is 4.90. The van der Waals surface area contributed by atoms with Crippen LogP contribution in [0.5, 0.6) is 0 Å². The van der Waals surface area contributed by atoms with Gasteiger partial charge in [0.2, 0.25) is 5.91 Å².